The maximum absolute atomic E-state index is 11.1. The van der Waals surface area contributed by atoms with Crippen LogP contribution in [0.2, 0.25) is 5.15 Å². The zero-order valence-corrected chi connectivity index (χ0v) is 11.0. The van der Waals surface area contributed by atoms with E-state index < -0.39 is 5.91 Å². The molecular formula is C11H17ClN4O2. The SMILES string of the molecule is CCCCN(CC(N)=O)c1ncnc(Cl)c1CO. The van der Waals surface area contributed by atoms with Crippen molar-refractivity contribution in [3.8, 4) is 0 Å². The number of rotatable bonds is 7. The number of nitrogens with two attached hydrogens (primary N) is 1. The van der Waals surface area contributed by atoms with Crippen molar-refractivity contribution in [1.29, 1.82) is 0 Å². The first-order valence-electron chi connectivity index (χ1n) is 5.73. The summed E-state index contributed by atoms with van der Waals surface area (Å²) in [4.78, 5) is 20.7. The smallest absolute Gasteiger partial charge is 0.236 e. The molecule has 0 saturated carbocycles. The highest BCUT2D eigenvalue weighted by Crippen LogP contribution is 2.23. The first-order valence-corrected chi connectivity index (χ1v) is 6.11. The number of unbranched alkanes of at least 4 members (excludes halogenated alkanes) is 1. The van der Waals surface area contributed by atoms with E-state index in [0.717, 1.165) is 12.8 Å². The van der Waals surface area contributed by atoms with Crippen molar-refractivity contribution in [1.82, 2.24) is 9.97 Å². The molecule has 100 valence electrons. The average molecular weight is 273 g/mol. The molecule has 3 N–H and O–H groups in total. The maximum atomic E-state index is 11.1. The second-order valence-electron chi connectivity index (χ2n) is 3.87. The fraction of sp³-hybridized carbons (Fsp3) is 0.545. The minimum atomic E-state index is -0.454. The average Bonchev–Trinajstić information content (AvgIpc) is 2.33. The number of aliphatic hydroxyl groups is 1. The summed E-state index contributed by atoms with van der Waals surface area (Å²) < 4.78 is 0. The van der Waals surface area contributed by atoms with E-state index in [1.54, 1.807) is 4.90 Å². The third-order valence-electron chi connectivity index (χ3n) is 2.46. The lowest BCUT2D eigenvalue weighted by Crippen LogP contribution is -2.35. The third kappa shape index (κ3) is 3.82. The zero-order valence-electron chi connectivity index (χ0n) is 10.3. The normalized spacial score (nSPS) is 10.4. The standard InChI is InChI=1S/C11H17ClN4O2/c1-2-3-4-16(5-9(13)18)11-8(6-17)10(12)14-7-15-11/h7,17H,2-6H2,1H3,(H2,13,18). The summed E-state index contributed by atoms with van der Waals surface area (Å²) >= 11 is 5.89. The van der Waals surface area contributed by atoms with Crippen molar-refractivity contribution >= 4 is 23.3 Å². The topological polar surface area (TPSA) is 92.3 Å². The summed E-state index contributed by atoms with van der Waals surface area (Å²) in [6.07, 6.45) is 3.17. The Morgan fingerprint density at radius 1 is 1.56 bits per heavy atom. The number of hydrogen-bond acceptors (Lipinski definition) is 5. The Labute approximate surface area is 111 Å². The number of primary amides is 1. The van der Waals surface area contributed by atoms with E-state index in [4.69, 9.17) is 17.3 Å². The van der Waals surface area contributed by atoms with Gasteiger partial charge in [-0.1, -0.05) is 24.9 Å². The highest BCUT2D eigenvalue weighted by Gasteiger charge is 2.17. The number of amides is 1. The van der Waals surface area contributed by atoms with Gasteiger partial charge in [0.05, 0.1) is 18.7 Å². The van der Waals surface area contributed by atoms with Gasteiger partial charge in [0.15, 0.2) is 0 Å². The van der Waals surface area contributed by atoms with Gasteiger partial charge in [0.25, 0.3) is 0 Å². The lowest BCUT2D eigenvalue weighted by molar-refractivity contribution is -0.116. The molecule has 0 radical (unpaired) electrons. The van der Waals surface area contributed by atoms with Crippen LogP contribution in [0.4, 0.5) is 5.82 Å². The number of carbonyl (C=O) groups excluding carboxylic acids is 1. The van der Waals surface area contributed by atoms with Gasteiger partial charge in [0.2, 0.25) is 5.91 Å². The Kier molecular flexibility index (Phi) is 5.80. The monoisotopic (exact) mass is 272 g/mol. The molecule has 1 rings (SSSR count). The van der Waals surface area contributed by atoms with E-state index in [0.29, 0.717) is 17.9 Å². The number of aliphatic hydroxyl groups excluding tert-OH is 1. The summed E-state index contributed by atoms with van der Waals surface area (Å²) in [7, 11) is 0. The summed E-state index contributed by atoms with van der Waals surface area (Å²) in [5.74, 6) is 0.00878. The lowest BCUT2D eigenvalue weighted by Gasteiger charge is -2.24. The van der Waals surface area contributed by atoms with Gasteiger partial charge in [-0.3, -0.25) is 4.79 Å². The molecule has 0 aliphatic heterocycles. The summed E-state index contributed by atoms with van der Waals surface area (Å²) in [5, 5.41) is 9.49. The number of anilines is 1. The molecule has 0 spiro atoms. The molecule has 0 aliphatic carbocycles. The summed E-state index contributed by atoms with van der Waals surface area (Å²) in [6.45, 7) is 2.43. The van der Waals surface area contributed by atoms with Crippen molar-refractivity contribution in [2.24, 2.45) is 5.73 Å². The fourth-order valence-electron chi connectivity index (χ4n) is 1.59. The molecule has 0 atom stereocenters. The molecule has 0 fully saturated rings. The Morgan fingerprint density at radius 2 is 2.28 bits per heavy atom. The maximum Gasteiger partial charge on any atom is 0.236 e. The van der Waals surface area contributed by atoms with Gasteiger partial charge in [-0.2, -0.15) is 0 Å². The predicted molar refractivity (Wildman–Crippen MR) is 69.3 cm³/mol. The predicted octanol–water partition coefficient (Wildman–Crippen LogP) is 0.714. The molecule has 0 unspecified atom stereocenters. The van der Waals surface area contributed by atoms with Crippen LogP contribution in [0.15, 0.2) is 6.33 Å². The van der Waals surface area contributed by atoms with Crippen LogP contribution < -0.4 is 10.6 Å². The molecule has 1 amide bonds. The molecule has 0 saturated heterocycles. The molecule has 0 bridgehead atoms. The van der Waals surface area contributed by atoms with Gasteiger partial charge in [-0.05, 0) is 6.42 Å². The van der Waals surface area contributed by atoms with Crippen LogP contribution in [-0.2, 0) is 11.4 Å². The van der Waals surface area contributed by atoms with E-state index in [2.05, 4.69) is 9.97 Å². The van der Waals surface area contributed by atoms with Gasteiger partial charge >= 0.3 is 0 Å². The number of nitrogens with zero attached hydrogens (tertiary/aromatic N) is 3. The number of aromatic nitrogens is 2. The van der Waals surface area contributed by atoms with E-state index >= 15 is 0 Å². The van der Waals surface area contributed by atoms with E-state index in [9.17, 15) is 9.90 Å². The minimum Gasteiger partial charge on any atom is -0.391 e. The first kappa shape index (κ1) is 14.7. The van der Waals surface area contributed by atoms with Gasteiger partial charge < -0.3 is 15.7 Å². The third-order valence-corrected chi connectivity index (χ3v) is 2.78. The van der Waals surface area contributed by atoms with Crippen LogP contribution in [0.1, 0.15) is 25.3 Å². The van der Waals surface area contributed by atoms with Crippen LogP contribution in [-0.4, -0.2) is 34.1 Å². The zero-order chi connectivity index (χ0) is 13.5. The van der Waals surface area contributed by atoms with Crippen molar-refractivity contribution < 1.29 is 9.90 Å². The molecule has 1 heterocycles. The highest BCUT2D eigenvalue weighted by molar-refractivity contribution is 6.30. The van der Waals surface area contributed by atoms with Crippen LogP contribution in [0, 0.1) is 0 Å². The van der Waals surface area contributed by atoms with E-state index in [1.165, 1.54) is 6.33 Å². The molecule has 1 aromatic heterocycles. The second kappa shape index (κ2) is 7.13. The Hall–Kier alpha value is -1.40. The lowest BCUT2D eigenvalue weighted by atomic mass is 10.2. The van der Waals surface area contributed by atoms with Crippen molar-refractivity contribution in [3.63, 3.8) is 0 Å². The molecule has 6 nitrogen and oxygen atoms in total. The first-order chi connectivity index (χ1) is 8.60. The summed E-state index contributed by atoms with van der Waals surface area (Å²) in [5.41, 5.74) is 5.63. The van der Waals surface area contributed by atoms with E-state index in [1.807, 2.05) is 6.92 Å². The van der Waals surface area contributed by atoms with Gasteiger partial charge in [-0.15, -0.1) is 0 Å². The number of halogens is 1. The van der Waals surface area contributed by atoms with E-state index in [-0.39, 0.29) is 18.3 Å². The molecule has 7 heteroatoms. The second-order valence-corrected chi connectivity index (χ2v) is 4.22. The van der Waals surface area contributed by atoms with Crippen LogP contribution in [0.3, 0.4) is 0 Å². The van der Waals surface area contributed by atoms with Crippen molar-refractivity contribution in [2.45, 2.75) is 26.4 Å². The quantitative estimate of drug-likeness (QED) is 0.714. The Morgan fingerprint density at radius 3 is 2.83 bits per heavy atom. The van der Waals surface area contributed by atoms with Crippen LogP contribution in [0.25, 0.3) is 0 Å². The molecule has 18 heavy (non-hydrogen) atoms. The van der Waals surface area contributed by atoms with Gasteiger partial charge in [0.1, 0.15) is 17.3 Å². The van der Waals surface area contributed by atoms with Crippen molar-refractivity contribution in [3.05, 3.63) is 17.0 Å². The van der Waals surface area contributed by atoms with Crippen molar-refractivity contribution in [2.75, 3.05) is 18.0 Å². The Balaban J connectivity index is 3.03. The molecular weight excluding hydrogens is 256 g/mol. The minimum absolute atomic E-state index is 0.0420. The summed E-state index contributed by atoms with van der Waals surface area (Å²) in [6, 6.07) is 0. The Bertz CT molecular complexity index is 414. The highest BCUT2D eigenvalue weighted by atomic mass is 35.5. The number of hydrogen-bond donors (Lipinski definition) is 2. The van der Waals surface area contributed by atoms with Crippen LogP contribution in [0.5, 0.6) is 0 Å². The largest absolute Gasteiger partial charge is 0.391 e. The molecule has 0 aromatic carbocycles. The fourth-order valence-corrected chi connectivity index (χ4v) is 1.78. The molecule has 1 aromatic rings. The van der Waals surface area contributed by atoms with Crippen LogP contribution >= 0.6 is 11.6 Å². The van der Waals surface area contributed by atoms with Gasteiger partial charge in [0, 0.05) is 6.54 Å². The van der Waals surface area contributed by atoms with Gasteiger partial charge in [-0.25, -0.2) is 9.97 Å². The molecule has 0 aliphatic rings. The number of carbonyl (C=O) groups is 1.